The number of aromatic nitrogens is 1. The van der Waals surface area contributed by atoms with Crippen LogP contribution in [-0.4, -0.2) is 25.2 Å². The van der Waals surface area contributed by atoms with E-state index in [0.29, 0.717) is 0 Å². The quantitative estimate of drug-likeness (QED) is 0.943. The first-order valence-corrected chi connectivity index (χ1v) is 6.68. The smallest absolute Gasteiger partial charge is 0.0952 e. The van der Waals surface area contributed by atoms with Gasteiger partial charge < -0.3 is 10.1 Å². The Morgan fingerprint density at radius 1 is 1.20 bits per heavy atom. The highest BCUT2D eigenvalue weighted by molar-refractivity contribution is 5.85. The molecule has 1 aromatic carbocycles. The molecule has 2 heterocycles. The highest BCUT2D eigenvalue weighted by atomic mass is 35.5. The van der Waals surface area contributed by atoms with E-state index in [-0.39, 0.29) is 18.5 Å². The third kappa shape index (κ3) is 3.01. The summed E-state index contributed by atoms with van der Waals surface area (Å²) in [6.45, 7) is 1.67. The maximum absolute atomic E-state index is 5.86. The van der Waals surface area contributed by atoms with Crippen LogP contribution in [0.3, 0.4) is 0 Å². The van der Waals surface area contributed by atoms with Crippen LogP contribution in [0.25, 0.3) is 11.1 Å². The molecular formula is C16H19ClN2O. The van der Waals surface area contributed by atoms with Crippen molar-refractivity contribution in [3.63, 3.8) is 0 Å². The fourth-order valence-electron chi connectivity index (χ4n) is 2.60. The Morgan fingerprint density at radius 2 is 2.00 bits per heavy atom. The molecule has 0 amide bonds. The SMILES string of the molecule is CNC[C@@H]1OCCc2ccc(-c3ccncc3)cc21.Cl. The molecule has 1 aromatic heterocycles. The molecule has 1 N–H and O–H groups in total. The lowest BCUT2D eigenvalue weighted by Crippen LogP contribution is -2.25. The molecule has 1 aliphatic heterocycles. The van der Waals surface area contributed by atoms with Gasteiger partial charge in [-0.2, -0.15) is 0 Å². The van der Waals surface area contributed by atoms with Gasteiger partial charge in [0.25, 0.3) is 0 Å². The number of rotatable bonds is 3. The van der Waals surface area contributed by atoms with Gasteiger partial charge in [0.2, 0.25) is 0 Å². The van der Waals surface area contributed by atoms with E-state index in [1.807, 2.05) is 31.6 Å². The summed E-state index contributed by atoms with van der Waals surface area (Å²) in [5, 5.41) is 3.20. The second-order valence-corrected chi connectivity index (χ2v) is 4.82. The third-order valence-electron chi connectivity index (χ3n) is 3.59. The van der Waals surface area contributed by atoms with Crippen LogP contribution in [0.4, 0.5) is 0 Å². The van der Waals surface area contributed by atoms with Gasteiger partial charge in [-0.05, 0) is 53.9 Å². The average molecular weight is 291 g/mol. The lowest BCUT2D eigenvalue weighted by Gasteiger charge is -2.26. The molecule has 0 unspecified atom stereocenters. The van der Waals surface area contributed by atoms with E-state index in [1.54, 1.807) is 0 Å². The molecule has 3 nitrogen and oxygen atoms in total. The molecule has 3 rings (SSSR count). The molecule has 4 heteroatoms. The Labute approximate surface area is 125 Å². The average Bonchev–Trinajstić information content (AvgIpc) is 2.48. The highest BCUT2D eigenvalue weighted by Gasteiger charge is 2.20. The zero-order chi connectivity index (χ0) is 13.1. The van der Waals surface area contributed by atoms with Gasteiger partial charge in [-0.15, -0.1) is 12.4 Å². The molecule has 1 atom stereocenters. The fraction of sp³-hybridized carbons (Fsp3) is 0.312. The van der Waals surface area contributed by atoms with E-state index in [1.165, 1.54) is 22.3 Å². The van der Waals surface area contributed by atoms with E-state index in [0.717, 1.165) is 19.6 Å². The Balaban J connectivity index is 0.00000147. The topological polar surface area (TPSA) is 34.1 Å². The van der Waals surface area contributed by atoms with E-state index < -0.39 is 0 Å². The minimum absolute atomic E-state index is 0. The number of halogens is 1. The van der Waals surface area contributed by atoms with Gasteiger partial charge in [0.15, 0.2) is 0 Å². The van der Waals surface area contributed by atoms with Crippen molar-refractivity contribution in [2.75, 3.05) is 20.2 Å². The number of ether oxygens (including phenoxy) is 1. The highest BCUT2D eigenvalue weighted by Crippen LogP contribution is 2.30. The maximum atomic E-state index is 5.86. The first-order chi connectivity index (χ1) is 9.38. The fourth-order valence-corrected chi connectivity index (χ4v) is 2.60. The van der Waals surface area contributed by atoms with Crippen molar-refractivity contribution < 1.29 is 4.74 Å². The lowest BCUT2D eigenvalue weighted by atomic mass is 9.93. The Hall–Kier alpha value is -1.42. The molecule has 2 aromatic rings. The molecule has 0 fully saturated rings. The number of hydrogen-bond acceptors (Lipinski definition) is 3. The van der Waals surface area contributed by atoms with Crippen LogP contribution in [-0.2, 0) is 11.2 Å². The van der Waals surface area contributed by atoms with Gasteiger partial charge in [0, 0.05) is 18.9 Å². The van der Waals surface area contributed by atoms with Crippen molar-refractivity contribution in [2.45, 2.75) is 12.5 Å². The van der Waals surface area contributed by atoms with Crippen molar-refractivity contribution in [2.24, 2.45) is 0 Å². The van der Waals surface area contributed by atoms with Gasteiger partial charge in [-0.1, -0.05) is 12.1 Å². The number of likely N-dealkylation sites (N-methyl/N-ethyl adjacent to an activating group) is 1. The Bertz CT molecular complexity index is 560. The monoisotopic (exact) mass is 290 g/mol. The zero-order valence-electron chi connectivity index (χ0n) is 11.5. The van der Waals surface area contributed by atoms with Crippen LogP contribution in [0, 0.1) is 0 Å². The summed E-state index contributed by atoms with van der Waals surface area (Å²) in [6.07, 6.45) is 4.83. The summed E-state index contributed by atoms with van der Waals surface area (Å²) in [6, 6.07) is 10.8. The largest absolute Gasteiger partial charge is 0.372 e. The summed E-state index contributed by atoms with van der Waals surface area (Å²) >= 11 is 0. The zero-order valence-corrected chi connectivity index (χ0v) is 12.3. The maximum Gasteiger partial charge on any atom is 0.0952 e. The van der Waals surface area contributed by atoms with Gasteiger partial charge in [-0.25, -0.2) is 0 Å². The molecule has 106 valence electrons. The minimum atomic E-state index is 0. The van der Waals surface area contributed by atoms with E-state index in [4.69, 9.17) is 4.74 Å². The molecule has 0 bridgehead atoms. The minimum Gasteiger partial charge on any atom is -0.372 e. The third-order valence-corrected chi connectivity index (χ3v) is 3.59. The number of benzene rings is 1. The molecule has 0 saturated carbocycles. The number of nitrogens with one attached hydrogen (secondary N) is 1. The number of nitrogens with zero attached hydrogens (tertiary/aromatic N) is 1. The molecule has 1 aliphatic rings. The van der Waals surface area contributed by atoms with E-state index in [9.17, 15) is 0 Å². The normalized spacial score (nSPS) is 17.1. The summed E-state index contributed by atoms with van der Waals surface area (Å²) in [5.74, 6) is 0. The van der Waals surface area contributed by atoms with E-state index in [2.05, 4.69) is 28.5 Å². The van der Waals surface area contributed by atoms with Crippen LogP contribution in [0.2, 0.25) is 0 Å². The van der Waals surface area contributed by atoms with Gasteiger partial charge in [0.1, 0.15) is 0 Å². The van der Waals surface area contributed by atoms with Crippen molar-refractivity contribution in [1.82, 2.24) is 10.3 Å². The lowest BCUT2D eigenvalue weighted by molar-refractivity contribution is 0.0439. The van der Waals surface area contributed by atoms with Gasteiger partial charge in [0.05, 0.1) is 12.7 Å². The summed E-state index contributed by atoms with van der Waals surface area (Å²) < 4.78 is 5.86. The second-order valence-electron chi connectivity index (χ2n) is 4.82. The number of fused-ring (bicyclic) bond motifs is 1. The van der Waals surface area contributed by atoms with Crippen molar-refractivity contribution in [1.29, 1.82) is 0 Å². The van der Waals surface area contributed by atoms with Gasteiger partial charge in [-0.3, -0.25) is 4.98 Å². The first kappa shape index (κ1) is 15.0. The first-order valence-electron chi connectivity index (χ1n) is 6.68. The van der Waals surface area contributed by atoms with Crippen molar-refractivity contribution >= 4 is 12.4 Å². The van der Waals surface area contributed by atoms with Crippen LogP contribution < -0.4 is 5.32 Å². The molecule has 20 heavy (non-hydrogen) atoms. The standard InChI is InChI=1S/C16H18N2O.ClH/c1-17-11-16-15-10-14(12-4-7-18-8-5-12)3-2-13(15)6-9-19-16;/h2-5,7-8,10,16-17H,6,9,11H2,1H3;1H/t16-;/m0./s1. The van der Waals surface area contributed by atoms with Crippen molar-refractivity contribution in [3.8, 4) is 11.1 Å². The van der Waals surface area contributed by atoms with Crippen molar-refractivity contribution in [3.05, 3.63) is 53.9 Å². The molecule has 0 spiro atoms. The Morgan fingerprint density at radius 3 is 2.75 bits per heavy atom. The predicted molar refractivity (Wildman–Crippen MR) is 83.2 cm³/mol. The van der Waals surface area contributed by atoms with Crippen LogP contribution >= 0.6 is 12.4 Å². The number of pyridine rings is 1. The van der Waals surface area contributed by atoms with E-state index >= 15 is 0 Å². The molecule has 0 saturated heterocycles. The summed E-state index contributed by atoms with van der Waals surface area (Å²) in [5.41, 5.74) is 5.15. The molecule has 0 aliphatic carbocycles. The predicted octanol–water partition coefficient (Wildman–Crippen LogP) is 3.00. The molecular weight excluding hydrogens is 272 g/mol. The number of hydrogen-bond donors (Lipinski definition) is 1. The Kier molecular flexibility index (Phi) is 5.12. The van der Waals surface area contributed by atoms with Gasteiger partial charge >= 0.3 is 0 Å². The second kappa shape index (κ2) is 6.84. The molecule has 0 radical (unpaired) electrons. The van der Waals surface area contributed by atoms with Crippen LogP contribution in [0.1, 0.15) is 17.2 Å². The summed E-state index contributed by atoms with van der Waals surface area (Å²) in [7, 11) is 1.96. The van der Waals surface area contributed by atoms with Crippen LogP contribution in [0.5, 0.6) is 0 Å². The summed E-state index contributed by atoms with van der Waals surface area (Å²) in [4.78, 5) is 4.07. The van der Waals surface area contributed by atoms with Crippen LogP contribution in [0.15, 0.2) is 42.7 Å².